The molecule has 1 unspecified atom stereocenters. The van der Waals surface area contributed by atoms with Gasteiger partial charge >= 0.3 is 0 Å². The zero-order chi connectivity index (χ0) is 12.1. The molecule has 0 spiro atoms. The summed E-state index contributed by atoms with van der Waals surface area (Å²) in [6.07, 6.45) is 5.21. The predicted octanol–water partition coefficient (Wildman–Crippen LogP) is 1.33. The molecule has 88 valence electrons. The number of aromatic nitrogens is 3. The van der Waals surface area contributed by atoms with Crippen molar-refractivity contribution >= 4 is 11.8 Å². The molecule has 2 aromatic rings. The minimum absolute atomic E-state index is 0.115. The van der Waals surface area contributed by atoms with Crippen LogP contribution in [0, 0.1) is 0 Å². The molecule has 6 heteroatoms. The Labute approximate surface area is 99.3 Å². The van der Waals surface area contributed by atoms with Crippen molar-refractivity contribution in [3.05, 3.63) is 42.4 Å². The zero-order valence-electron chi connectivity index (χ0n) is 9.46. The van der Waals surface area contributed by atoms with E-state index in [1.54, 1.807) is 18.5 Å². The van der Waals surface area contributed by atoms with Gasteiger partial charge in [0.1, 0.15) is 5.82 Å². The van der Waals surface area contributed by atoms with Gasteiger partial charge in [-0.3, -0.25) is 10.4 Å². The van der Waals surface area contributed by atoms with Gasteiger partial charge in [0.25, 0.3) is 0 Å². The lowest BCUT2D eigenvalue weighted by Gasteiger charge is -2.14. The molecule has 2 rings (SSSR count). The number of hydrazine groups is 1. The van der Waals surface area contributed by atoms with Gasteiger partial charge in [-0.2, -0.15) is 4.98 Å². The van der Waals surface area contributed by atoms with Gasteiger partial charge < -0.3 is 5.32 Å². The first-order valence-electron chi connectivity index (χ1n) is 5.25. The quantitative estimate of drug-likeness (QED) is 0.542. The maximum Gasteiger partial charge on any atom is 0.239 e. The summed E-state index contributed by atoms with van der Waals surface area (Å²) in [6, 6.07) is 5.81. The monoisotopic (exact) mass is 230 g/mol. The van der Waals surface area contributed by atoms with E-state index < -0.39 is 0 Å². The molecule has 0 fully saturated rings. The number of hydrogen-bond donors (Lipinski definition) is 3. The van der Waals surface area contributed by atoms with Crippen LogP contribution in [0.4, 0.5) is 11.8 Å². The first kappa shape index (κ1) is 11.3. The third-order valence-corrected chi connectivity index (χ3v) is 2.33. The molecule has 2 heterocycles. The molecule has 2 aromatic heterocycles. The van der Waals surface area contributed by atoms with Crippen molar-refractivity contribution in [2.45, 2.75) is 13.0 Å². The van der Waals surface area contributed by atoms with E-state index >= 15 is 0 Å². The fraction of sp³-hybridized carbons (Fsp3) is 0.182. The molecule has 1 atom stereocenters. The van der Waals surface area contributed by atoms with Crippen LogP contribution >= 0.6 is 0 Å². The van der Waals surface area contributed by atoms with E-state index in [0.29, 0.717) is 11.8 Å². The Morgan fingerprint density at radius 1 is 1.29 bits per heavy atom. The normalized spacial score (nSPS) is 11.9. The lowest BCUT2D eigenvalue weighted by Crippen LogP contribution is -2.13. The highest BCUT2D eigenvalue weighted by Crippen LogP contribution is 2.16. The second kappa shape index (κ2) is 5.22. The minimum atomic E-state index is 0.115. The maximum atomic E-state index is 5.25. The fourth-order valence-electron chi connectivity index (χ4n) is 1.45. The number of hydrogen-bond acceptors (Lipinski definition) is 6. The van der Waals surface area contributed by atoms with E-state index in [1.807, 2.05) is 25.3 Å². The summed E-state index contributed by atoms with van der Waals surface area (Å²) in [5.41, 5.74) is 3.50. The Hall–Kier alpha value is -2.21. The smallest absolute Gasteiger partial charge is 0.239 e. The van der Waals surface area contributed by atoms with Crippen LogP contribution < -0.4 is 16.6 Å². The molecule has 4 N–H and O–H groups in total. The topological polar surface area (TPSA) is 88.8 Å². The van der Waals surface area contributed by atoms with Crippen molar-refractivity contribution < 1.29 is 0 Å². The average Bonchev–Trinajstić information content (AvgIpc) is 2.40. The molecular formula is C11H14N6. The first-order chi connectivity index (χ1) is 8.29. The van der Waals surface area contributed by atoms with Crippen molar-refractivity contribution in [3.63, 3.8) is 0 Å². The molecule has 0 saturated heterocycles. The molecule has 0 aromatic carbocycles. The summed E-state index contributed by atoms with van der Waals surface area (Å²) in [7, 11) is 0. The van der Waals surface area contributed by atoms with E-state index in [4.69, 9.17) is 5.84 Å². The first-order valence-corrected chi connectivity index (χ1v) is 5.25. The van der Waals surface area contributed by atoms with Gasteiger partial charge in [0.15, 0.2) is 0 Å². The van der Waals surface area contributed by atoms with Gasteiger partial charge in [-0.25, -0.2) is 10.8 Å². The van der Waals surface area contributed by atoms with E-state index in [2.05, 4.69) is 25.7 Å². The number of nitrogens with zero attached hydrogens (tertiary/aromatic N) is 3. The number of pyridine rings is 1. The third-order valence-electron chi connectivity index (χ3n) is 2.33. The van der Waals surface area contributed by atoms with Crippen LogP contribution in [0.3, 0.4) is 0 Å². The minimum Gasteiger partial charge on any atom is -0.363 e. The Kier molecular flexibility index (Phi) is 3.46. The third kappa shape index (κ3) is 2.88. The molecule has 0 aliphatic carbocycles. The molecular weight excluding hydrogens is 216 g/mol. The molecule has 0 aliphatic rings. The van der Waals surface area contributed by atoms with Crippen LogP contribution in [0.1, 0.15) is 18.5 Å². The number of anilines is 2. The van der Waals surface area contributed by atoms with Gasteiger partial charge in [0.2, 0.25) is 5.95 Å². The Balaban J connectivity index is 2.10. The van der Waals surface area contributed by atoms with Gasteiger partial charge in [-0.05, 0) is 24.6 Å². The second-order valence-corrected chi connectivity index (χ2v) is 3.56. The van der Waals surface area contributed by atoms with Crippen molar-refractivity contribution in [2.75, 3.05) is 10.7 Å². The van der Waals surface area contributed by atoms with Crippen LogP contribution in [0.5, 0.6) is 0 Å². The summed E-state index contributed by atoms with van der Waals surface area (Å²) >= 11 is 0. The molecule has 0 bridgehead atoms. The van der Waals surface area contributed by atoms with Crippen LogP contribution in [0.2, 0.25) is 0 Å². The van der Waals surface area contributed by atoms with Gasteiger partial charge in [0.05, 0.1) is 6.04 Å². The average molecular weight is 230 g/mol. The fourth-order valence-corrected chi connectivity index (χ4v) is 1.45. The standard InChI is InChI=1S/C11H14N6/c1-8(9-3-2-5-13-7-9)15-10-4-6-14-11(16-10)17-12/h2-8H,12H2,1H3,(H2,14,15,16,17). The van der Waals surface area contributed by atoms with Gasteiger partial charge in [-0.1, -0.05) is 6.07 Å². The molecule has 0 radical (unpaired) electrons. The van der Waals surface area contributed by atoms with E-state index in [-0.39, 0.29) is 6.04 Å². The van der Waals surface area contributed by atoms with Crippen LogP contribution in [0.15, 0.2) is 36.8 Å². The summed E-state index contributed by atoms with van der Waals surface area (Å²) in [5, 5.41) is 3.25. The van der Waals surface area contributed by atoms with Gasteiger partial charge in [0, 0.05) is 18.6 Å². The van der Waals surface area contributed by atoms with E-state index in [1.165, 1.54) is 0 Å². The largest absolute Gasteiger partial charge is 0.363 e. The van der Waals surface area contributed by atoms with Crippen molar-refractivity contribution in [1.29, 1.82) is 0 Å². The van der Waals surface area contributed by atoms with Crippen molar-refractivity contribution in [1.82, 2.24) is 15.0 Å². The van der Waals surface area contributed by atoms with Crippen LogP contribution in [-0.2, 0) is 0 Å². The second-order valence-electron chi connectivity index (χ2n) is 3.56. The lowest BCUT2D eigenvalue weighted by molar-refractivity contribution is 0.864. The molecule has 0 aliphatic heterocycles. The molecule has 0 saturated carbocycles. The summed E-state index contributed by atoms with van der Waals surface area (Å²) in [6.45, 7) is 2.04. The van der Waals surface area contributed by atoms with Crippen molar-refractivity contribution in [3.8, 4) is 0 Å². The number of rotatable bonds is 4. The molecule has 6 nitrogen and oxygen atoms in total. The molecule has 17 heavy (non-hydrogen) atoms. The maximum absolute atomic E-state index is 5.25. The Morgan fingerprint density at radius 3 is 2.88 bits per heavy atom. The van der Waals surface area contributed by atoms with Crippen molar-refractivity contribution in [2.24, 2.45) is 5.84 Å². The Morgan fingerprint density at radius 2 is 2.18 bits per heavy atom. The van der Waals surface area contributed by atoms with Crippen LogP contribution in [-0.4, -0.2) is 15.0 Å². The van der Waals surface area contributed by atoms with E-state index in [0.717, 1.165) is 5.56 Å². The number of nitrogens with one attached hydrogen (secondary N) is 2. The highest BCUT2D eigenvalue weighted by molar-refractivity contribution is 5.41. The molecule has 0 amide bonds. The lowest BCUT2D eigenvalue weighted by atomic mass is 10.1. The summed E-state index contributed by atoms with van der Waals surface area (Å²) in [5.74, 6) is 6.34. The van der Waals surface area contributed by atoms with Gasteiger partial charge in [-0.15, -0.1) is 0 Å². The number of nitrogens with two attached hydrogens (primary N) is 1. The predicted molar refractivity (Wildman–Crippen MR) is 66.1 cm³/mol. The SMILES string of the molecule is CC(Nc1ccnc(NN)n1)c1cccnc1. The summed E-state index contributed by atoms with van der Waals surface area (Å²) in [4.78, 5) is 12.2. The number of nitrogen functional groups attached to an aromatic ring is 1. The van der Waals surface area contributed by atoms with E-state index in [9.17, 15) is 0 Å². The van der Waals surface area contributed by atoms with Crippen LogP contribution in [0.25, 0.3) is 0 Å². The highest BCUT2D eigenvalue weighted by Gasteiger charge is 2.06. The zero-order valence-corrected chi connectivity index (χ0v) is 9.46. The highest BCUT2D eigenvalue weighted by atomic mass is 15.3. The summed E-state index contributed by atoms with van der Waals surface area (Å²) < 4.78 is 0. The Bertz CT molecular complexity index is 472.